The monoisotopic (exact) mass is 371 g/mol. The van der Waals surface area contributed by atoms with Crippen molar-refractivity contribution in [2.45, 2.75) is 4.34 Å². The fourth-order valence-corrected chi connectivity index (χ4v) is 4.88. The van der Waals surface area contributed by atoms with Crippen LogP contribution in [0.25, 0.3) is 10.2 Å². The van der Waals surface area contributed by atoms with E-state index >= 15 is 0 Å². The van der Waals surface area contributed by atoms with Gasteiger partial charge in [0.25, 0.3) is 5.82 Å². The summed E-state index contributed by atoms with van der Waals surface area (Å²) in [6.07, 6.45) is 1.93. The Balaban J connectivity index is 1.30. The fraction of sp³-hybridized carbons (Fsp3) is 0.278. The van der Waals surface area contributed by atoms with E-state index < -0.39 is 0 Å². The van der Waals surface area contributed by atoms with E-state index in [2.05, 4.69) is 27.0 Å². The number of H-pyrrole nitrogens is 1. The predicted octanol–water partition coefficient (Wildman–Crippen LogP) is 2.55. The molecule has 4 rings (SSSR count). The summed E-state index contributed by atoms with van der Waals surface area (Å²) in [5.41, 5.74) is 1.01. The molecule has 0 unspecified atom stereocenters. The number of hydrogen-bond donors (Lipinski definition) is 0. The quantitative estimate of drug-likeness (QED) is 0.662. The number of fused-ring (bicyclic) bond motifs is 1. The summed E-state index contributed by atoms with van der Waals surface area (Å²) in [4.78, 5) is 24.6. The van der Waals surface area contributed by atoms with Crippen LogP contribution in [0.5, 0.6) is 0 Å². The van der Waals surface area contributed by atoms with Gasteiger partial charge in [-0.15, -0.1) is 11.3 Å². The number of carbonyl (C=O) groups is 1. The van der Waals surface area contributed by atoms with Crippen LogP contribution in [0.4, 0.5) is 5.82 Å². The first-order valence-corrected chi connectivity index (χ1v) is 10.1. The molecule has 1 amide bonds. The molecular formula is C18H19N4OS2+. The maximum atomic E-state index is 12.5. The Morgan fingerprint density at radius 2 is 1.92 bits per heavy atom. The molecule has 0 saturated carbocycles. The van der Waals surface area contributed by atoms with Gasteiger partial charge in [0.15, 0.2) is 4.34 Å². The smallest absolute Gasteiger partial charge is 0.274 e. The molecule has 1 saturated heterocycles. The fourth-order valence-electron chi connectivity index (χ4n) is 2.90. The molecule has 1 aliphatic rings. The van der Waals surface area contributed by atoms with Crippen LogP contribution in [0, 0.1) is 0 Å². The van der Waals surface area contributed by atoms with Crippen molar-refractivity contribution in [1.82, 2.24) is 9.88 Å². The van der Waals surface area contributed by atoms with Gasteiger partial charge in [0.05, 0.1) is 35.3 Å². The number of thiazole rings is 1. The largest absolute Gasteiger partial charge is 0.334 e. The van der Waals surface area contributed by atoms with Gasteiger partial charge < -0.3 is 4.90 Å². The Hall–Kier alpha value is -2.12. The van der Waals surface area contributed by atoms with Crippen molar-refractivity contribution in [3.8, 4) is 0 Å². The van der Waals surface area contributed by atoms with E-state index in [9.17, 15) is 4.79 Å². The molecule has 0 bridgehead atoms. The minimum absolute atomic E-state index is 0.195. The van der Waals surface area contributed by atoms with Crippen LogP contribution in [0.3, 0.4) is 0 Å². The molecule has 2 aromatic heterocycles. The lowest BCUT2D eigenvalue weighted by Crippen LogP contribution is -2.50. The summed E-state index contributed by atoms with van der Waals surface area (Å²) in [5.74, 6) is 1.76. The first-order chi connectivity index (χ1) is 12.3. The van der Waals surface area contributed by atoms with Crippen molar-refractivity contribution in [3.63, 3.8) is 0 Å². The molecular weight excluding hydrogens is 352 g/mol. The highest BCUT2D eigenvalue weighted by atomic mass is 32.2. The number of piperazine rings is 1. The average molecular weight is 372 g/mol. The molecule has 1 aromatic carbocycles. The van der Waals surface area contributed by atoms with Crippen molar-refractivity contribution < 1.29 is 9.78 Å². The number of aromatic amines is 1. The van der Waals surface area contributed by atoms with Crippen molar-refractivity contribution in [1.29, 1.82) is 0 Å². The minimum Gasteiger partial charge on any atom is -0.334 e. The summed E-state index contributed by atoms with van der Waals surface area (Å²) in [7, 11) is 0. The Labute approximate surface area is 154 Å². The first-order valence-electron chi connectivity index (χ1n) is 8.27. The van der Waals surface area contributed by atoms with Gasteiger partial charge in [-0.2, -0.15) is 0 Å². The molecule has 0 radical (unpaired) electrons. The summed E-state index contributed by atoms with van der Waals surface area (Å²) in [6.45, 7) is 3.25. The molecule has 1 fully saturated rings. The lowest BCUT2D eigenvalue weighted by molar-refractivity contribution is -0.364. The molecule has 1 aliphatic heterocycles. The van der Waals surface area contributed by atoms with Gasteiger partial charge in [-0.1, -0.05) is 30.0 Å². The summed E-state index contributed by atoms with van der Waals surface area (Å²) in [5, 5.41) is 0. The van der Waals surface area contributed by atoms with E-state index in [-0.39, 0.29) is 5.91 Å². The highest BCUT2D eigenvalue weighted by Crippen LogP contribution is 2.29. The van der Waals surface area contributed by atoms with E-state index in [1.54, 1.807) is 23.1 Å². The number of amides is 1. The number of carbonyl (C=O) groups excluding carboxylic acids is 1. The Bertz CT molecular complexity index is 827. The second-order valence-corrected chi connectivity index (χ2v) is 8.10. The first kappa shape index (κ1) is 16.4. The van der Waals surface area contributed by atoms with Crippen LogP contribution >= 0.6 is 23.1 Å². The van der Waals surface area contributed by atoms with Gasteiger partial charge in [-0.25, -0.2) is 9.97 Å². The zero-order chi connectivity index (χ0) is 17.1. The second kappa shape index (κ2) is 7.41. The van der Waals surface area contributed by atoms with E-state index in [1.807, 2.05) is 41.4 Å². The zero-order valence-corrected chi connectivity index (χ0v) is 15.4. The van der Waals surface area contributed by atoms with Crippen LogP contribution < -0.4 is 9.88 Å². The van der Waals surface area contributed by atoms with Crippen molar-refractivity contribution in [3.05, 3.63) is 48.7 Å². The SMILES string of the molecule is O=C(CSc1nc2ccccc2s1)N1CCN(c2cccc[nH+]2)CC1. The molecule has 3 heterocycles. The van der Waals surface area contributed by atoms with Crippen LogP contribution in [0.1, 0.15) is 0 Å². The maximum Gasteiger partial charge on any atom is 0.274 e. The summed E-state index contributed by atoms with van der Waals surface area (Å²) >= 11 is 3.19. The number of pyridine rings is 1. The third kappa shape index (κ3) is 3.77. The average Bonchev–Trinajstić information content (AvgIpc) is 3.10. The van der Waals surface area contributed by atoms with Crippen LogP contribution in [0.2, 0.25) is 0 Å². The molecule has 0 aliphatic carbocycles. The normalized spacial score (nSPS) is 14.9. The molecule has 25 heavy (non-hydrogen) atoms. The van der Waals surface area contributed by atoms with Gasteiger partial charge in [0.1, 0.15) is 13.1 Å². The Morgan fingerprint density at radius 3 is 2.68 bits per heavy atom. The third-order valence-corrected chi connectivity index (χ3v) is 6.42. The summed E-state index contributed by atoms with van der Waals surface area (Å²) in [6, 6.07) is 14.2. The number of hydrogen-bond acceptors (Lipinski definition) is 5. The number of benzene rings is 1. The van der Waals surface area contributed by atoms with E-state index in [0.29, 0.717) is 5.75 Å². The minimum atomic E-state index is 0.195. The van der Waals surface area contributed by atoms with Gasteiger partial charge in [-0.05, 0) is 18.2 Å². The van der Waals surface area contributed by atoms with Crippen LogP contribution in [-0.4, -0.2) is 47.7 Å². The summed E-state index contributed by atoms with van der Waals surface area (Å²) < 4.78 is 2.14. The molecule has 5 nitrogen and oxygen atoms in total. The second-order valence-electron chi connectivity index (χ2n) is 5.85. The molecule has 1 N–H and O–H groups in total. The van der Waals surface area contributed by atoms with Crippen molar-refractivity contribution in [2.24, 2.45) is 0 Å². The standard InChI is InChI=1S/C18H18N4OS2/c23-17(13-24-18-20-14-5-1-2-6-15(14)25-18)22-11-9-21(10-12-22)16-7-3-4-8-19-16/h1-8H,9-13H2/p+1. The van der Waals surface area contributed by atoms with Gasteiger partial charge in [0.2, 0.25) is 5.91 Å². The molecule has 7 heteroatoms. The highest BCUT2D eigenvalue weighted by molar-refractivity contribution is 8.01. The van der Waals surface area contributed by atoms with Gasteiger partial charge in [-0.3, -0.25) is 9.69 Å². The highest BCUT2D eigenvalue weighted by Gasteiger charge is 2.26. The van der Waals surface area contributed by atoms with Crippen LogP contribution in [0.15, 0.2) is 53.0 Å². The Kier molecular flexibility index (Phi) is 4.85. The number of nitrogens with zero attached hydrogens (tertiary/aromatic N) is 3. The number of thioether (sulfide) groups is 1. The zero-order valence-electron chi connectivity index (χ0n) is 13.7. The van der Waals surface area contributed by atoms with Crippen molar-refractivity contribution >= 4 is 45.0 Å². The van der Waals surface area contributed by atoms with Crippen LogP contribution in [-0.2, 0) is 4.79 Å². The number of para-hydroxylation sites is 1. The Morgan fingerprint density at radius 1 is 1.12 bits per heavy atom. The molecule has 128 valence electrons. The number of aromatic nitrogens is 2. The van der Waals surface area contributed by atoms with E-state index in [4.69, 9.17) is 0 Å². The predicted molar refractivity (Wildman–Crippen MR) is 102 cm³/mol. The molecule has 0 atom stereocenters. The lowest BCUT2D eigenvalue weighted by atomic mass is 10.3. The van der Waals surface area contributed by atoms with Gasteiger partial charge >= 0.3 is 0 Å². The number of nitrogens with one attached hydrogen (secondary N) is 1. The maximum absolute atomic E-state index is 12.5. The number of anilines is 1. The van der Waals surface area contributed by atoms with Gasteiger partial charge in [0, 0.05) is 6.07 Å². The lowest BCUT2D eigenvalue weighted by Gasteiger charge is -2.30. The molecule has 0 spiro atoms. The molecule has 3 aromatic rings. The van der Waals surface area contributed by atoms with Crippen molar-refractivity contribution in [2.75, 3.05) is 36.8 Å². The third-order valence-electron chi connectivity index (χ3n) is 4.26. The topological polar surface area (TPSA) is 50.6 Å². The number of rotatable bonds is 4. The van der Waals surface area contributed by atoms with E-state index in [0.717, 1.165) is 41.9 Å². The van der Waals surface area contributed by atoms with E-state index in [1.165, 1.54) is 4.70 Å².